The third-order valence-electron chi connectivity index (χ3n) is 17.1. The Morgan fingerprint density at radius 1 is 0.305 bits per heavy atom. The van der Waals surface area contributed by atoms with Crippen molar-refractivity contribution in [3.8, 4) is 0 Å². The van der Waals surface area contributed by atoms with Crippen molar-refractivity contribution in [1.29, 1.82) is 0 Å². The van der Waals surface area contributed by atoms with Crippen LogP contribution in [-0.2, 0) is 10.8 Å². The van der Waals surface area contributed by atoms with Gasteiger partial charge in [0.2, 0.25) is 0 Å². The van der Waals surface area contributed by atoms with Crippen LogP contribution in [0.4, 0.5) is 34.1 Å². The Morgan fingerprint density at radius 2 is 0.683 bits per heavy atom. The molecular weight excluding hydrogens is 1000 g/mol. The van der Waals surface area contributed by atoms with Crippen molar-refractivity contribution in [1.82, 2.24) is 0 Å². The number of fused-ring (bicyclic) bond motifs is 14. The molecule has 82 heavy (non-hydrogen) atoms. The van der Waals surface area contributed by atoms with E-state index >= 15 is 0 Å². The van der Waals surface area contributed by atoms with Gasteiger partial charge in [-0.3, -0.25) is 0 Å². The van der Waals surface area contributed by atoms with Gasteiger partial charge in [0.15, 0.2) is 11.2 Å². The van der Waals surface area contributed by atoms with Crippen molar-refractivity contribution < 1.29 is 17.7 Å². The van der Waals surface area contributed by atoms with Gasteiger partial charge in [0.05, 0.1) is 11.4 Å². The highest BCUT2D eigenvalue weighted by atomic mass is 16.3. The summed E-state index contributed by atoms with van der Waals surface area (Å²) in [5.41, 5.74) is 17.3. The van der Waals surface area contributed by atoms with E-state index < -0.39 is 0 Å². The van der Waals surface area contributed by atoms with E-state index in [1.165, 1.54) is 11.1 Å². The SMILES string of the molecule is CC(C)c1cccc(N(c2ccc3cc4c(cc3c2)oc2c(C(C)(C)C)c3c(oc5cc6cc(N(c7cccc(C(C)C)c7)c7cccc8c7oc7ccccc78)ccc6cc53)c(C(C)(C)C)c24)c2cccc3c2oc2ccccc23)c1. The number of furan rings is 4. The van der Waals surface area contributed by atoms with Crippen LogP contribution in [0, 0.1) is 0 Å². The summed E-state index contributed by atoms with van der Waals surface area (Å²) in [6, 6.07) is 70.2. The lowest BCUT2D eigenvalue weighted by Gasteiger charge is -2.27. The van der Waals surface area contributed by atoms with E-state index in [4.69, 9.17) is 17.7 Å². The lowest BCUT2D eigenvalue weighted by molar-refractivity contribution is 0.564. The number of hydrogen-bond donors (Lipinski definition) is 0. The summed E-state index contributed by atoms with van der Waals surface area (Å²) < 4.78 is 28.2. The van der Waals surface area contributed by atoms with Gasteiger partial charge in [-0.25, -0.2) is 0 Å². The second-order valence-corrected chi connectivity index (χ2v) is 25.3. The molecule has 6 nitrogen and oxygen atoms in total. The van der Waals surface area contributed by atoms with Crippen molar-refractivity contribution in [2.45, 2.75) is 91.9 Å². The van der Waals surface area contributed by atoms with E-state index in [-0.39, 0.29) is 10.8 Å². The number of benzene rings is 11. The molecule has 0 saturated carbocycles. The fourth-order valence-corrected chi connectivity index (χ4v) is 13.2. The van der Waals surface area contributed by atoms with Gasteiger partial charge in [0.25, 0.3) is 0 Å². The Morgan fingerprint density at radius 3 is 1.10 bits per heavy atom. The quantitative estimate of drug-likeness (QED) is 0.151. The summed E-state index contributed by atoms with van der Waals surface area (Å²) in [5, 5.41) is 13.2. The number of nitrogens with zero attached hydrogens (tertiary/aromatic N) is 2. The minimum absolute atomic E-state index is 0.325. The average Bonchev–Trinajstić information content (AvgIpc) is 1.97. The van der Waals surface area contributed by atoms with Crippen LogP contribution in [0.15, 0.2) is 212 Å². The molecule has 0 bridgehead atoms. The van der Waals surface area contributed by atoms with Crippen LogP contribution in [0.25, 0.3) is 109 Å². The predicted octanol–water partition coefficient (Wildman–Crippen LogP) is 23.4. The van der Waals surface area contributed by atoms with Crippen LogP contribution >= 0.6 is 0 Å². The van der Waals surface area contributed by atoms with E-state index in [0.717, 1.165) is 155 Å². The molecule has 0 N–H and O–H groups in total. The standard InChI is InChI=1S/C76H64N2O4/c1-43(2)45-19-15-21-51(35-45)77(61-27-17-25-57-55-23-11-13-29-63(55)79-71(57)61)53-33-31-47-39-59-65(41-49(47)37-53)81-73-67(59)69(75(5,6)7)74-68(70(73)76(8,9)10)60-40-48-32-34-54(38-50(48)42-66(60)82-74)78(52-22-16-20-46(36-52)44(3)4)62-28-18-26-58-56-24-12-14-30-64(56)80-72(58)62/h11-44H,1-10H3. The Labute approximate surface area is 476 Å². The van der Waals surface area contributed by atoms with Crippen molar-refractivity contribution in [2.24, 2.45) is 0 Å². The summed E-state index contributed by atoms with van der Waals surface area (Å²) in [5.74, 6) is 0.718. The molecule has 0 radical (unpaired) electrons. The first kappa shape index (κ1) is 49.8. The Bertz CT molecular complexity index is 4780. The monoisotopic (exact) mass is 1070 g/mol. The fraction of sp³-hybridized carbons (Fsp3) is 0.184. The fourth-order valence-electron chi connectivity index (χ4n) is 13.2. The zero-order valence-corrected chi connectivity index (χ0v) is 48.2. The maximum Gasteiger partial charge on any atom is 0.159 e. The molecular formula is C76H64N2O4. The topological polar surface area (TPSA) is 59.0 Å². The summed E-state index contributed by atoms with van der Waals surface area (Å²) in [7, 11) is 0. The third kappa shape index (κ3) is 7.75. The normalized spacial score (nSPS) is 12.7. The molecule has 0 aliphatic heterocycles. The van der Waals surface area contributed by atoms with Crippen molar-refractivity contribution in [3.63, 3.8) is 0 Å². The zero-order chi connectivity index (χ0) is 56.1. The molecule has 6 heteroatoms. The summed E-state index contributed by atoms with van der Waals surface area (Å²) in [6.07, 6.45) is 0. The van der Waals surface area contributed by atoms with Gasteiger partial charge in [-0.2, -0.15) is 0 Å². The number of rotatable bonds is 8. The maximum absolute atomic E-state index is 7.39. The highest BCUT2D eigenvalue weighted by Crippen LogP contribution is 2.53. The number of para-hydroxylation sites is 4. The van der Waals surface area contributed by atoms with Crippen LogP contribution in [0.5, 0.6) is 0 Å². The Hall–Kier alpha value is -9.26. The minimum atomic E-state index is -0.325. The molecule has 15 rings (SSSR count). The lowest BCUT2D eigenvalue weighted by atomic mass is 9.77. The van der Waals surface area contributed by atoms with Gasteiger partial charge < -0.3 is 27.5 Å². The molecule has 402 valence electrons. The van der Waals surface area contributed by atoms with Crippen LogP contribution in [0.1, 0.15) is 103 Å². The van der Waals surface area contributed by atoms with E-state index in [9.17, 15) is 0 Å². The molecule has 0 aliphatic carbocycles. The molecule has 0 unspecified atom stereocenters. The largest absolute Gasteiger partial charge is 0.456 e. The van der Waals surface area contributed by atoms with Crippen molar-refractivity contribution >= 4 is 143 Å². The molecule has 4 heterocycles. The maximum atomic E-state index is 7.39. The van der Waals surface area contributed by atoms with Gasteiger partial charge in [-0.05, 0) is 152 Å². The van der Waals surface area contributed by atoms with Crippen LogP contribution in [0.3, 0.4) is 0 Å². The highest BCUT2D eigenvalue weighted by Gasteiger charge is 2.35. The zero-order valence-electron chi connectivity index (χ0n) is 48.2. The first-order chi connectivity index (χ1) is 39.6. The molecule has 0 aliphatic rings. The Kier molecular flexibility index (Phi) is 11.0. The molecule has 0 spiro atoms. The first-order valence-corrected chi connectivity index (χ1v) is 28.9. The first-order valence-electron chi connectivity index (χ1n) is 28.9. The molecule has 0 fully saturated rings. The molecule has 0 saturated heterocycles. The number of anilines is 6. The van der Waals surface area contributed by atoms with Gasteiger partial charge in [0.1, 0.15) is 33.5 Å². The molecule has 15 aromatic rings. The van der Waals surface area contributed by atoms with Crippen LogP contribution in [0.2, 0.25) is 0 Å². The Balaban J connectivity index is 0.921. The van der Waals surface area contributed by atoms with E-state index in [1.807, 2.05) is 12.1 Å². The van der Waals surface area contributed by atoms with Gasteiger partial charge in [-0.15, -0.1) is 0 Å². The smallest absolute Gasteiger partial charge is 0.159 e. The molecule has 11 aromatic carbocycles. The van der Waals surface area contributed by atoms with Gasteiger partial charge in [0, 0.05) is 77.0 Å². The minimum Gasteiger partial charge on any atom is -0.456 e. The molecule has 0 amide bonds. The summed E-state index contributed by atoms with van der Waals surface area (Å²) in [6.45, 7) is 22.8. The summed E-state index contributed by atoms with van der Waals surface area (Å²) in [4.78, 5) is 4.70. The third-order valence-corrected chi connectivity index (χ3v) is 17.1. The van der Waals surface area contributed by atoms with Gasteiger partial charge >= 0.3 is 0 Å². The molecule has 0 atom stereocenters. The molecule has 4 aromatic heterocycles. The van der Waals surface area contributed by atoms with E-state index in [1.54, 1.807) is 0 Å². The van der Waals surface area contributed by atoms with Crippen molar-refractivity contribution in [3.05, 3.63) is 216 Å². The van der Waals surface area contributed by atoms with Gasteiger partial charge in [-0.1, -0.05) is 166 Å². The average molecular weight is 1070 g/mol. The van der Waals surface area contributed by atoms with E-state index in [2.05, 4.69) is 261 Å². The highest BCUT2D eigenvalue weighted by molar-refractivity contribution is 6.23. The van der Waals surface area contributed by atoms with Crippen LogP contribution in [-0.4, -0.2) is 0 Å². The van der Waals surface area contributed by atoms with E-state index in [0.29, 0.717) is 11.8 Å². The second kappa shape index (κ2) is 18.1. The second-order valence-electron chi connectivity index (χ2n) is 25.3. The predicted molar refractivity (Wildman–Crippen MR) is 346 cm³/mol. The van der Waals surface area contributed by atoms with Crippen LogP contribution < -0.4 is 9.80 Å². The lowest BCUT2D eigenvalue weighted by Crippen LogP contribution is -2.16. The van der Waals surface area contributed by atoms with Crippen molar-refractivity contribution in [2.75, 3.05) is 9.80 Å². The number of hydrogen-bond acceptors (Lipinski definition) is 6. The summed E-state index contributed by atoms with van der Waals surface area (Å²) >= 11 is 0.